The summed E-state index contributed by atoms with van der Waals surface area (Å²) in [7, 11) is 0. The van der Waals surface area contributed by atoms with Crippen molar-refractivity contribution in [2.24, 2.45) is 0 Å². The highest BCUT2D eigenvalue weighted by atomic mass is 16.2. The van der Waals surface area contributed by atoms with Crippen molar-refractivity contribution in [1.29, 1.82) is 0 Å². The first-order valence-electron chi connectivity index (χ1n) is 13.7. The summed E-state index contributed by atoms with van der Waals surface area (Å²) in [4.78, 5) is 32.9. The van der Waals surface area contributed by atoms with Crippen LogP contribution in [0.3, 0.4) is 0 Å². The van der Waals surface area contributed by atoms with Gasteiger partial charge in [-0.3, -0.25) is 14.5 Å². The predicted octanol–water partition coefficient (Wildman–Crippen LogP) is 3.36. The van der Waals surface area contributed by atoms with Gasteiger partial charge in [-0.25, -0.2) is 14.2 Å². The third-order valence-corrected chi connectivity index (χ3v) is 8.08. The second kappa shape index (κ2) is 10.7. The molecule has 2 aliphatic heterocycles. The number of rotatable bonds is 6. The molecule has 0 aliphatic carbocycles. The molecule has 0 radical (unpaired) electrons. The van der Waals surface area contributed by atoms with Gasteiger partial charge in [0.15, 0.2) is 5.65 Å². The number of Topliss-reactive ketones (excluding diaryl/α,β-unsaturated/α-hetero) is 1. The fourth-order valence-electron chi connectivity index (χ4n) is 5.97. The minimum Gasteiger partial charge on any atom is -0.317 e. The summed E-state index contributed by atoms with van der Waals surface area (Å²) in [6.07, 6.45) is 8.73. The van der Waals surface area contributed by atoms with Crippen LogP contribution in [0.1, 0.15) is 60.1 Å². The number of piperidine rings is 2. The number of aryl methyl sites for hydroxylation is 1. The van der Waals surface area contributed by atoms with Crippen LogP contribution in [-0.4, -0.2) is 72.7 Å². The molecule has 10 heteroatoms. The lowest BCUT2D eigenvalue weighted by Gasteiger charge is -2.44. The van der Waals surface area contributed by atoms with Crippen molar-refractivity contribution in [1.82, 2.24) is 34.6 Å². The Kier molecular flexibility index (Phi) is 6.97. The fourth-order valence-corrected chi connectivity index (χ4v) is 5.97. The molecule has 39 heavy (non-hydrogen) atoms. The Morgan fingerprint density at radius 2 is 1.90 bits per heavy atom. The van der Waals surface area contributed by atoms with Crippen molar-refractivity contribution >= 4 is 23.2 Å². The number of fused-ring (bicyclic) bond motifs is 1. The maximum absolute atomic E-state index is 13.4. The van der Waals surface area contributed by atoms with Gasteiger partial charge < -0.3 is 10.6 Å². The van der Waals surface area contributed by atoms with Crippen LogP contribution in [0.4, 0.5) is 5.82 Å². The Bertz CT molecular complexity index is 1480. The number of nitrogens with one attached hydrogen (secondary N) is 2. The summed E-state index contributed by atoms with van der Waals surface area (Å²) in [6, 6.07) is 12.1. The quantitative estimate of drug-likeness (QED) is 0.397. The van der Waals surface area contributed by atoms with E-state index in [1.165, 1.54) is 6.20 Å². The molecule has 5 heterocycles. The van der Waals surface area contributed by atoms with Gasteiger partial charge in [0, 0.05) is 30.4 Å². The molecular formula is C29H34N8O2. The van der Waals surface area contributed by atoms with Crippen LogP contribution < -0.4 is 10.6 Å². The molecule has 0 bridgehead atoms. The van der Waals surface area contributed by atoms with E-state index < -0.39 is 0 Å². The molecule has 1 aromatic carbocycles. The summed E-state index contributed by atoms with van der Waals surface area (Å²) in [5.74, 6) is 0.614. The number of hydrogen-bond acceptors (Lipinski definition) is 7. The molecule has 3 aromatic heterocycles. The normalized spacial score (nSPS) is 20.8. The van der Waals surface area contributed by atoms with E-state index in [4.69, 9.17) is 5.10 Å². The van der Waals surface area contributed by atoms with Crippen LogP contribution in [-0.2, 0) is 4.79 Å². The van der Waals surface area contributed by atoms with E-state index in [0.29, 0.717) is 23.1 Å². The van der Waals surface area contributed by atoms with Crippen molar-refractivity contribution in [2.45, 2.75) is 57.5 Å². The smallest absolute Gasteiger partial charge is 0.262 e. The number of nitrogens with zero attached hydrogens (tertiary/aromatic N) is 6. The van der Waals surface area contributed by atoms with Crippen molar-refractivity contribution < 1.29 is 9.59 Å². The number of anilines is 1. The van der Waals surface area contributed by atoms with Gasteiger partial charge in [-0.1, -0.05) is 17.7 Å². The highest BCUT2D eigenvalue weighted by Gasteiger charge is 2.37. The van der Waals surface area contributed by atoms with Gasteiger partial charge in [0.05, 0.1) is 23.6 Å². The van der Waals surface area contributed by atoms with Crippen molar-refractivity contribution in [3.63, 3.8) is 0 Å². The van der Waals surface area contributed by atoms with E-state index in [2.05, 4.69) is 25.6 Å². The van der Waals surface area contributed by atoms with Gasteiger partial charge in [-0.05, 0) is 77.4 Å². The summed E-state index contributed by atoms with van der Waals surface area (Å²) in [6.45, 7) is 6.62. The molecule has 2 aliphatic rings. The third kappa shape index (κ3) is 5.09. The topological polar surface area (TPSA) is 109 Å². The molecule has 0 saturated carbocycles. The molecule has 6 rings (SSSR count). The minimum atomic E-state index is -0.300. The average Bonchev–Trinajstić information content (AvgIpc) is 3.58. The Morgan fingerprint density at radius 1 is 1.10 bits per heavy atom. The van der Waals surface area contributed by atoms with E-state index >= 15 is 0 Å². The Balaban J connectivity index is 1.30. The molecule has 0 spiro atoms. The van der Waals surface area contributed by atoms with E-state index in [1.807, 2.05) is 37.3 Å². The summed E-state index contributed by atoms with van der Waals surface area (Å²) in [5, 5.41) is 15.7. The van der Waals surface area contributed by atoms with Gasteiger partial charge in [-0.2, -0.15) is 10.2 Å². The molecule has 2 saturated heterocycles. The minimum absolute atomic E-state index is 0.112. The summed E-state index contributed by atoms with van der Waals surface area (Å²) < 4.78 is 3.36. The van der Waals surface area contributed by atoms with Crippen molar-refractivity contribution in [3.8, 4) is 5.69 Å². The number of likely N-dealkylation sites (tertiary alicyclic amines) is 1. The van der Waals surface area contributed by atoms with Gasteiger partial charge in [0.2, 0.25) is 0 Å². The van der Waals surface area contributed by atoms with E-state index in [-0.39, 0.29) is 23.7 Å². The SMILES string of the molecule is CC(=O)C1CC(c2cc(NC(=O)c3cnn4cccnc34)n(-c3ccc(C)cc3)n2)CCN1C1CCNCC1. The van der Waals surface area contributed by atoms with Crippen LogP contribution in [0.2, 0.25) is 0 Å². The highest BCUT2D eigenvalue weighted by molar-refractivity contribution is 6.07. The van der Waals surface area contributed by atoms with Gasteiger partial charge in [-0.15, -0.1) is 0 Å². The Labute approximate surface area is 227 Å². The van der Waals surface area contributed by atoms with Gasteiger partial charge >= 0.3 is 0 Å². The molecule has 2 fully saturated rings. The number of amides is 1. The first-order chi connectivity index (χ1) is 19.0. The summed E-state index contributed by atoms with van der Waals surface area (Å²) in [5.41, 5.74) is 3.77. The van der Waals surface area contributed by atoms with Crippen LogP contribution in [0, 0.1) is 6.92 Å². The fraction of sp³-hybridized carbons (Fsp3) is 0.414. The maximum Gasteiger partial charge on any atom is 0.262 e. The first kappa shape index (κ1) is 25.4. The molecule has 4 aromatic rings. The van der Waals surface area contributed by atoms with Crippen LogP contribution in [0.25, 0.3) is 11.3 Å². The number of aromatic nitrogens is 5. The zero-order valence-electron chi connectivity index (χ0n) is 22.4. The second-order valence-corrected chi connectivity index (χ2v) is 10.7. The van der Waals surface area contributed by atoms with Crippen LogP contribution in [0.15, 0.2) is 55.0 Å². The average molecular weight is 527 g/mol. The van der Waals surface area contributed by atoms with Gasteiger partial charge in [0.25, 0.3) is 5.91 Å². The van der Waals surface area contributed by atoms with E-state index in [0.717, 1.165) is 62.3 Å². The van der Waals surface area contributed by atoms with Crippen molar-refractivity contribution in [2.75, 3.05) is 25.0 Å². The number of hydrogen-bond donors (Lipinski definition) is 2. The van der Waals surface area contributed by atoms with E-state index in [9.17, 15) is 9.59 Å². The zero-order valence-corrected chi connectivity index (χ0v) is 22.4. The van der Waals surface area contributed by atoms with E-state index in [1.54, 1.807) is 34.6 Å². The van der Waals surface area contributed by atoms with Crippen LogP contribution >= 0.6 is 0 Å². The molecule has 10 nitrogen and oxygen atoms in total. The second-order valence-electron chi connectivity index (χ2n) is 10.7. The molecule has 2 N–H and O–H groups in total. The number of benzene rings is 1. The number of ketones is 1. The lowest BCUT2D eigenvalue weighted by molar-refractivity contribution is -0.125. The first-order valence-corrected chi connectivity index (χ1v) is 13.7. The number of carbonyl (C=O) groups is 2. The standard InChI is InChI=1S/C29H34N8O2/c1-19-4-6-23(7-5-19)37-27(33-29(39)24-18-32-36-14-3-11-31-28(24)36)17-25(34-37)21-10-15-35(26(16-21)20(2)38)22-8-12-30-13-9-22/h3-7,11,14,17-18,21-22,26,30H,8-10,12-13,15-16H2,1-2H3,(H,33,39). The lowest BCUT2D eigenvalue weighted by Crippen LogP contribution is -2.53. The molecule has 2 unspecified atom stereocenters. The van der Waals surface area contributed by atoms with Crippen LogP contribution in [0.5, 0.6) is 0 Å². The molecule has 1 amide bonds. The number of carbonyl (C=O) groups excluding carboxylic acids is 2. The summed E-state index contributed by atoms with van der Waals surface area (Å²) >= 11 is 0. The zero-order chi connectivity index (χ0) is 26.9. The molecular weight excluding hydrogens is 492 g/mol. The Hall–Kier alpha value is -3.89. The lowest BCUT2D eigenvalue weighted by atomic mass is 9.85. The molecule has 2 atom stereocenters. The van der Waals surface area contributed by atoms with Crippen molar-refractivity contribution in [3.05, 3.63) is 71.8 Å². The third-order valence-electron chi connectivity index (χ3n) is 8.08. The predicted molar refractivity (Wildman–Crippen MR) is 148 cm³/mol. The monoisotopic (exact) mass is 526 g/mol. The molecule has 202 valence electrons. The Morgan fingerprint density at radius 3 is 2.67 bits per heavy atom. The largest absolute Gasteiger partial charge is 0.317 e. The highest BCUT2D eigenvalue weighted by Crippen LogP contribution is 2.35. The van der Waals surface area contributed by atoms with Gasteiger partial charge in [0.1, 0.15) is 17.2 Å². The maximum atomic E-state index is 13.4.